The second-order valence-corrected chi connectivity index (χ2v) is 7.56. The van der Waals surface area contributed by atoms with Gasteiger partial charge in [-0.25, -0.2) is 12.7 Å². The van der Waals surface area contributed by atoms with Crippen molar-refractivity contribution < 1.29 is 13.5 Å². The van der Waals surface area contributed by atoms with Crippen LogP contribution in [0.2, 0.25) is 0 Å². The number of phenols is 1. The van der Waals surface area contributed by atoms with Gasteiger partial charge in [-0.1, -0.05) is 15.9 Å². The summed E-state index contributed by atoms with van der Waals surface area (Å²) >= 11 is 3.30. The van der Waals surface area contributed by atoms with Crippen molar-refractivity contribution in [3.05, 3.63) is 58.6 Å². The summed E-state index contributed by atoms with van der Waals surface area (Å²) in [6.07, 6.45) is 0. The first kappa shape index (κ1) is 15.1. The van der Waals surface area contributed by atoms with E-state index in [2.05, 4.69) is 20.9 Å². The predicted octanol–water partition coefficient (Wildman–Crippen LogP) is 2.61. The molecule has 7 heteroatoms. The Morgan fingerprint density at radius 3 is 2.32 bits per heavy atom. The zero-order valence-electron chi connectivity index (χ0n) is 11.5. The third-order valence-corrected chi connectivity index (χ3v) is 5.66. The van der Waals surface area contributed by atoms with Gasteiger partial charge in [0.15, 0.2) is 0 Å². The third-order valence-electron chi connectivity index (χ3n) is 3.33. The Labute approximate surface area is 137 Å². The Kier molecular flexibility index (Phi) is 3.92. The molecule has 0 amide bonds. The average Bonchev–Trinajstić information content (AvgIpc) is 2.99. The molecule has 3 rings (SSSR count). The van der Waals surface area contributed by atoms with Gasteiger partial charge in [0.05, 0.1) is 18.0 Å². The molecule has 5 nitrogen and oxygen atoms in total. The molecule has 22 heavy (non-hydrogen) atoms. The maximum absolute atomic E-state index is 12.8. The van der Waals surface area contributed by atoms with Crippen LogP contribution in [0.25, 0.3) is 0 Å². The van der Waals surface area contributed by atoms with Crippen molar-refractivity contribution in [2.75, 3.05) is 13.1 Å². The highest BCUT2D eigenvalue weighted by molar-refractivity contribution is 9.10. The highest BCUT2D eigenvalue weighted by atomic mass is 79.9. The van der Waals surface area contributed by atoms with E-state index in [1.54, 1.807) is 36.4 Å². The van der Waals surface area contributed by atoms with Gasteiger partial charge in [0, 0.05) is 10.0 Å². The van der Waals surface area contributed by atoms with Crippen molar-refractivity contribution in [3.63, 3.8) is 0 Å². The molecule has 0 spiro atoms. The fourth-order valence-corrected chi connectivity index (χ4v) is 3.96. The van der Waals surface area contributed by atoms with E-state index < -0.39 is 10.0 Å². The van der Waals surface area contributed by atoms with Crippen LogP contribution < -0.4 is 0 Å². The van der Waals surface area contributed by atoms with Gasteiger partial charge in [-0.05, 0) is 48.5 Å². The zero-order valence-corrected chi connectivity index (χ0v) is 13.9. The molecule has 0 saturated carbocycles. The molecule has 0 saturated heterocycles. The molecular formula is C15H13BrN2O3S. The summed E-state index contributed by atoms with van der Waals surface area (Å²) in [5.74, 6) is 0.535. The Balaban J connectivity index is 1.98. The molecular weight excluding hydrogens is 368 g/mol. The molecule has 1 heterocycles. The summed E-state index contributed by atoms with van der Waals surface area (Å²) in [5, 5.41) is 9.35. The highest BCUT2D eigenvalue weighted by Crippen LogP contribution is 2.24. The number of halogens is 1. The first-order valence-corrected chi connectivity index (χ1v) is 8.84. The van der Waals surface area contributed by atoms with Crippen molar-refractivity contribution in [1.82, 2.24) is 4.31 Å². The number of aliphatic imine (C=N–C) groups is 1. The largest absolute Gasteiger partial charge is 0.508 e. The number of aromatic hydroxyl groups is 1. The summed E-state index contributed by atoms with van der Waals surface area (Å²) in [6.45, 7) is 0.737. The second-order valence-electron chi connectivity index (χ2n) is 4.78. The normalized spacial score (nSPS) is 15.0. The van der Waals surface area contributed by atoms with Gasteiger partial charge in [-0.3, -0.25) is 4.99 Å². The van der Waals surface area contributed by atoms with Gasteiger partial charge in [-0.15, -0.1) is 0 Å². The summed E-state index contributed by atoms with van der Waals surface area (Å²) in [6, 6.07) is 12.9. The molecule has 114 valence electrons. The molecule has 0 bridgehead atoms. The molecule has 2 aromatic rings. The van der Waals surface area contributed by atoms with E-state index in [1.807, 2.05) is 0 Å². The van der Waals surface area contributed by atoms with Crippen LogP contribution in [0.5, 0.6) is 5.75 Å². The van der Waals surface area contributed by atoms with Gasteiger partial charge >= 0.3 is 0 Å². The SMILES string of the molecule is O=S(=O)(c1ccc(Br)cc1)N1CCN=C1c1ccc(O)cc1. The number of hydrogen-bond donors (Lipinski definition) is 1. The monoisotopic (exact) mass is 380 g/mol. The number of amidine groups is 1. The van der Waals surface area contributed by atoms with Gasteiger partial charge in [-0.2, -0.15) is 0 Å². The Morgan fingerprint density at radius 2 is 1.68 bits per heavy atom. The van der Waals surface area contributed by atoms with E-state index >= 15 is 0 Å². The molecule has 1 aliphatic rings. The predicted molar refractivity (Wildman–Crippen MR) is 87.5 cm³/mol. The molecule has 0 radical (unpaired) electrons. The molecule has 0 unspecified atom stereocenters. The third kappa shape index (κ3) is 2.74. The molecule has 1 aliphatic heterocycles. The standard InChI is InChI=1S/C15H13BrN2O3S/c16-12-3-7-14(8-4-12)22(20,21)18-10-9-17-15(18)11-1-5-13(19)6-2-11/h1-8,19H,9-10H2. The Morgan fingerprint density at radius 1 is 1.05 bits per heavy atom. The van der Waals surface area contributed by atoms with E-state index in [-0.39, 0.29) is 10.6 Å². The number of benzene rings is 2. The van der Waals surface area contributed by atoms with Gasteiger partial charge in [0.1, 0.15) is 11.6 Å². The van der Waals surface area contributed by atoms with Crippen molar-refractivity contribution in [2.45, 2.75) is 4.90 Å². The first-order valence-electron chi connectivity index (χ1n) is 6.61. The lowest BCUT2D eigenvalue weighted by molar-refractivity contribution is 0.475. The minimum Gasteiger partial charge on any atom is -0.508 e. The Bertz CT molecular complexity index is 815. The van der Waals surface area contributed by atoms with E-state index in [4.69, 9.17) is 0 Å². The quantitative estimate of drug-likeness (QED) is 0.889. The van der Waals surface area contributed by atoms with Crippen LogP contribution in [0, 0.1) is 0 Å². The number of phenolic OH excluding ortho intramolecular Hbond substituents is 1. The molecule has 1 N–H and O–H groups in total. The lowest BCUT2D eigenvalue weighted by Crippen LogP contribution is -2.34. The number of hydrogen-bond acceptors (Lipinski definition) is 4. The zero-order chi connectivity index (χ0) is 15.7. The van der Waals surface area contributed by atoms with Crippen LogP contribution in [0.1, 0.15) is 5.56 Å². The van der Waals surface area contributed by atoms with Crippen LogP contribution in [-0.2, 0) is 10.0 Å². The van der Waals surface area contributed by atoms with E-state index in [1.165, 1.54) is 16.4 Å². The van der Waals surface area contributed by atoms with Crippen LogP contribution in [0.15, 0.2) is 62.9 Å². The second kappa shape index (κ2) is 5.73. The van der Waals surface area contributed by atoms with Crippen LogP contribution in [0.4, 0.5) is 0 Å². The lowest BCUT2D eigenvalue weighted by Gasteiger charge is -2.20. The van der Waals surface area contributed by atoms with Gasteiger partial charge in [0.2, 0.25) is 0 Å². The summed E-state index contributed by atoms with van der Waals surface area (Å²) in [4.78, 5) is 4.52. The summed E-state index contributed by atoms with van der Waals surface area (Å²) < 4.78 is 27.7. The van der Waals surface area contributed by atoms with E-state index in [9.17, 15) is 13.5 Å². The smallest absolute Gasteiger partial charge is 0.265 e. The van der Waals surface area contributed by atoms with Gasteiger partial charge in [0.25, 0.3) is 10.0 Å². The average molecular weight is 381 g/mol. The van der Waals surface area contributed by atoms with E-state index in [0.29, 0.717) is 24.5 Å². The van der Waals surface area contributed by atoms with Crippen molar-refractivity contribution in [3.8, 4) is 5.75 Å². The number of rotatable bonds is 3. The molecule has 0 aliphatic carbocycles. The molecule has 2 aromatic carbocycles. The maximum atomic E-state index is 12.8. The molecule has 0 atom stereocenters. The lowest BCUT2D eigenvalue weighted by atomic mass is 10.2. The Hall–Kier alpha value is -1.86. The van der Waals surface area contributed by atoms with Crippen molar-refractivity contribution in [1.29, 1.82) is 0 Å². The fraction of sp³-hybridized carbons (Fsp3) is 0.133. The van der Waals surface area contributed by atoms with Crippen molar-refractivity contribution in [2.24, 2.45) is 4.99 Å². The number of nitrogens with zero attached hydrogens (tertiary/aromatic N) is 2. The van der Waals surface area contributed by atoms with Crippen LogP contribution in [0.3, 0.4) is 0 Å². The maximum Gasteiger partial charge on any atom is 0.265 e. The fourth-order valence-electron chi connectivity index (χ4n) is 2.25. The molecule has 0 fully saturated rings. The number of sulfonamides is 1. The highest BCUT2D eigenvalue weighted by Gasteiger charge is 2.31. The molecule has 0 aromatic heterocycles. The topological polar surface area (TPSA) is 70.0 Å². The van der Waals surface area contributed by atoms with Crippen LogP contribution in [-0.4, -0.2) is 36.8 Å². The minimum absolute atomic E-state index is 0.129. The summed E-state index contributed by atoms with van der Waals surface area (Å²) in [7, 11) is -3.64. The van der Waals surface area contributed by atoms with Crippen LogP contribution >= 0.6 is 15.9 Å². The van der Waals surface area contributed by atoms with E-state index in [0.717, 1.165) is 4.47 Å². The minimum atomic E-state index is -3.64. The van der Waals surface area contributed by atoms with Crippen molar-refractivity contribution >= 4 is 31.8 Å². The first-order chi connectivity index (χ1) is 10.5. The summed E-state index contributed by atoms with van der Waals surface area (Å²) in [5.41, 5.74) is 0.663. The van der Waals surface area contributed by atoms with Gasteiger partial charge < -0.3 is 5.11 Å².